The van der Waals surface area contributed by atoms with Crippen molar-refractivity contribution in [2.45, 2.75) is 57.8 Å². The van der Waals surface area contributed by atoms with Gasteiger partial charge in [-0.3, -0.25) is 0 Å². The van der Waals surface area contributed by atoms with Gasteiger partial charge in [0.2, 0.25) is 11.8 Å². The monoisotopic (exact) mass is 422 g/mol. The van der Waals surface area contributed by atoms with E-state index < -0.39 is 0 Å². The molecule has 0 aliphatic heterocycles. The molecule has 0 spiro atoms. The third-order valence-corrected chi connectivity index (χ3v) is 6.89. The number of aryl methyl sites for hydroxylation is 2. The van der Waals surface area contributed by atoms with Crippen molar-refractivity contribution >= 4 is 0 Å². The minimum atomic E-state index is 0.370. The number of hydrogen-bond donors (Lipinski definition) is 0. The van der Waals surface area contributed by atoms with Gasteiger partial charge in [-0.2, -0.15) is 0 Å². The van der Waals surface area contributed by atoms with E-state index in [0.717, 1.165) is 43.6 Å². The number of nitrogens with zero attached hydrogens (tertiary/aromatic N) is 2. The second kappa shape index (κ2) is 9.12. The van der Waals surface area contributed by atoms with E-state index >= 15 is 0 Å². The van der Waals surface area contributed by atoms with E-state index in [1.807, 2.05) is 12.1 Å². The quantitative estimate of drug-likeness (QED) is 0.330. The van der Waals surface area contributed by atoms with E-state index in [4.69, 9.17) is 4.42 Å². The molecule has 32 heavy (non-hydrogen) atoms. The Bertz CT molecular complexity index is 1150. The number of hydrogen-bond acceptors (Lipinski definition) is 3. The van der Waals surface area contributed by atoms with Gasteiger partial charge in [0.25, 0.3) is 0 Å². The van der Waals surface area contributed by atoms with Crippen molar-refractivity contribution in [3.8, 4) is 22.6 Å². The van der Waals surface area contributed by atoms with Crippen LogP contribution in [0.4, 0.5) is 0 Å². The Labute approximate surface area is 190 Å². The highest BCUT2D eigenvalue weighted by molar-refractivity contribution is 5.64. The molecule has 0 saturated heterocycles. The van der Waals surface area contributed by atoms with E-state index in [2.05, 4.69) is 84.7 Å². The van der Waals surface area contributed by atoms with Crippen LogP contribution in [0, 0.1) is 6.92 Å². The van der Waals surface area contributed by atoms with Crippen LogP contribution < -0.4 is 0 Å². The zero-order valence-electron chi connectivity index (χ0n) is 18.9. The van der Waals surface area contributed by atoms with Gasteiger partial charge in [0, 0.05) is 11.5 Å². The maximum atomic E-state index is 6.05. The highest BCUT2D eigenvalue weighted by Gasteiger charge is 2.27. The summed E-state index contributed by atoms with van der Waals surface area (Å²) in [6.07, 6.45) is 5.61. The molecule has 1 aromatic heterocycles. The first kappa shape index (κ1) is 20.7. The van der Waals surface area contributed by atoms with Gasteiger partial charge in [0.15, 0.2) is 0 Å². The van der Waals surface area contributed by atoms with Crippen molar-refractivity contribution < 1.29 is 4.42 Å². The average Bonchev–Trinajstić information content (AvgIpc) is 3.35. The summed E-state index contributed by atoms with van der Waals surface area (Å²) in [6, 6.07) is 26.3. The fourth-order valence-electron chi connectivity index (χ4n) is 4.77. The Balaban J connectivity index is 1.21. The minimum absolute atomic E-state index is 0.370. The molecule has 1 aliphatic rings. The Hall–Kier alpha value is -3.20. The average molecular weight is 423 g/mol. The summed E-state index contributed by atoms with van der Waals surface area (Å²) in [6.45, 7) is 4.28. The molecule has 3 nitrogen and oxygen atoms in total. The maximum absolute atomic E-state index is 6.05. The topological polar surface area (TPSA) is 38.9 Å². The number of rotatable bonds is 5. The molecule has 0 bridgehead atoms. The van der Waals surface area contributed by atoms with E-state index in [1.54, 1.807) is 0 Å². The first-order valence-electron chi connectivity index (χ1n) is 11.8. The molecule has 1 saturated carbocycles. The standard InChI is InChI=1S/C29H30N2O/c1-3-21-6-10-22(11-7-21)23-12-14-24(15-13-23)25-16-18-27(19-17-25)29-31-30-28(32-29)26-8-4-20(2)5-9-26/h4-15,25,27H,3,16-19H2,1-2H3. The van der Waals surface area contributed by atoms with E-state index in [-0.39, 0.29) is 0 Å². The van der Waals surface area contributed by atoms with Crippen LogP contribution in [0.3, 0.4) is 0 Å². The van der Waals surface area contributed by atoms with E-state index in [1.165, 1.54) is 27.8 Å². The maximum Gasteiger partial charge on any atom is 0.247 e. The van der Waals surface area contributed by atoms with Crippen LogP contribution in [0.25, 0.3) is 22.6 Å². The molecular weight excluding hydrogens is 392 g/mol. The zero-order valence-corrected chi connectivity index (χ0v) is 18.9. The van der Waals surface area contributed by atoms with Crippen LogP contribution in [0.15, 0.2) is 77.2 Å². The summed E-state index contributed by atoms with van der Waals surface area (Å²) in [5.74, 6) is 2.41. The highest BCUT2D eigenvalue weighted by atomic mass is 16.4. The summed E-state index contributed by atoms with van der Waals surface area (Å²) in [5, 5.41) is 8.68. The summed E-state index contributed by atoms with van der Waals surface area (Å²) >= 11 is 0. The normalized spacial score (nSPS) is 18.6. The summed E-state index contributed by atoms with van der Waals surface area (Å²) < 4.78 is 6.05. The second-order valence-electron chi connectivity index (χ2n) is 9.03. The van der Waals surface area contributed by atoms with Crippen molar-refractivity contribution in [3.05, 3.63) is 95.4 Å². The largest absolute Gasteiger partial charge is 0.420 e. The van der Waals surface area contributed by atoms with Gasteiger partial charge in [-0.25, -0.2) is 0 Å². The van der Waals surface area contributed by atoms with Crippen LogP contribution in [0.2, 0.25) is 0 Å². The molecule has 0 radical (unpaired) electrons. The van der Waals surface area contributed by atoms with Gasteiger partial charge >= 0.3 is 0 Å². The summed E-state index contributed by atoms with van der Waals surface area (Å²) in [5.41, 5.74) is 7.64. The third-order valence-electron chi connectivity index (χ3n) is 6.89. The lowest BCUT2D eigenvalue weighted by Gasteiger charge is -2.27. The minimum Gasteiger partial charge on any atom is -0.420 e. The van der Waals surface area contributed by atoms with Crippen molar-refractivity contribution in [3.63, 3.8) is 0 Å². The second-order valence-corrected chi connectivity index (χ2v) is 9.03. The molecule has 3 heteroatoms. The number of aromatic nitrogens is 2. The van der Waals surface area contributed by atoms with Crippen molar-refractivity contribution in [2.24, 2.45) is 0 Å². The van der Waals surface area contributed by atoms with Crippen molar-refractivity contribution in [2.75, 3.05) is 0 Å². The molecule has 1 fully saturated rings. The Morgan fingerprint density at radius 3 is 1.88 bits per heavy atom. The lowest BCUT2D eigenvalue weighted by molar-refractivity contribution is 0.341. The Morgan fingerprint density at radius 1 is 0.688 bits per heavy atom. The van der Waals surface area contributed by atoms with Gasteiger partial charge in [0.1, 0.15) is 0 Å². The molecule has 5 rings (SSSR count). The SMILES string of the molecule is CCc1ccc(-c2ccc(C3CCC(c4nnc(-c5ccc(C)cc5)o4)CC3)cc2)cc1. The Morgan fingerprint density at radius 2 is 1.25 bits per heavy atom. The van der Waals surface area contributed by atoms with Gasteiger partial charge in [-0.05, 0) is 79.3 Å². The first-order valence-corrected chi connectivity index (χ1v) is 11.8. The summed E-state index contributed by atoms with van der Waals surface area (Å²) in [7, 11) is 0. The van der Waals surface area contributed by atoms with E-state index in [9.17, 15) is 0 Å². The predicted molar refractivity (Wildman–Crippen MR) is 130 cm³/mol. The van der Waals surface area contributed by atoms with Crippen molar-refractivity contribution in [1.82, 2.24) is 10.2 Å². The van der Waals surface area contributed by atoms with Crippen LogP contribution >= 0.6 is 0 Å². The van der Waals surface area contributed by atoms with Gasteiger partial charge < -0.3 is 4.42 Å². The third kappa shape index (κ3) is 4.38. The lowest BCUT2D eigenvalue weighted by Crippen LogP contribution is -2.12. The molecule has 0 amide bonds. The molecule has 4 aromatic rings. The first-order chi connectivity index (χ1) is 15.7. The summed E-state index contributed by atoms with van der Waals surface area (Å²) in [4.78, 5) is 0. The van der Waals surface area contributed by atoms with Gasteiger partial charge in [-0.15, -0.1) is 10.2 Å². The van der Waals surface area contributed by atoms with Crippen LogP contribution in [-0.4, -0.2) is 10.2 Å². The molecule has 0 unspecified atom stereocenters. The molecular formula is C29H30N2O. The number of benzene rings is 3. The fraction of sp³-hybridized carbons (Fsp3) is 0.310. The smallest absolute Gasteiger partial charge is 0.247 e. The molecule has 162 valence electrons. The van der Waals surface area contributed by atoms with Crippen LogP contribution in [0.1, 0.15) is 67.0 Å². The Kier molecular flexibility index (Phi) is 5.89. The predicted octanol–water partition coefficient (Wildman–Crippen LogP) is 7.72. The van der Waals surface area contributed by atoms with Crippen LogP contribution in [-0.2, 0) is 6.42 Å². The molecule has 0 atom stereocenters. The highest BCUT2D eigenvalue weighted by Crippen LogP contribution is 2.41. The lowest BCUT2D eigenvalue weighted by atomic mass is 9.78. The molecule has 1 aliphatic carbocycles. The molecule has 0 N–H and O–H groups in total. The van der Waals surface area contributed by atoms with Crippen molar-refractivity contribution in [1.29, 1.82) is 0 Å². The molecule has 1 heterocycles. The zero-order chi connectivity index (χ0) is 21.9. The van der Waals surface area contributed by atoms with Gasteiger partial charge in [-0.1, -0.05) is 73.2 Å². The van der Waals surface area contributed by atoms with Gasteiger partial charge in [0.05, 0.1) is 0 Å². The molecule has 3 aromatic carbocycles. The van der Waals surface area contributed by atoms with Crippen LogP contribution in [0.5, 0.6) is 0 Å². The fourth-order valence-corrected chi connectivity index (χ4v) is 4.77. The van der Waals surface area contributed by atoms with E-state index in [0.29, 0.717) is 17.7 Å².